The van der Waals surface area contributed by atoms with Crippen molar-refractivity contribution in [1.82, 2.24) is 5.32 Å². The summed E-state index contributed by atoms with van der Waals surface area (Å²) in [7, 11) is 0. The van der Waals surface area contributed by atoms with Crippen LogP contribution >= 0.6 is 0 Å². The number of urea groups is 1. The number of carbonyl (C=O) groups is 2. The van der Waals surface area contributed by atoms with Crippen LogP contribution in [-0.2, 0) is 17.4 Å². The molecular formula is C19H18F3N3O2. The van der Waals surface area contributed by atoms with Crippen LogP contribution in [0.1, 0.15) is 29.7 Å². The topological polar surface area (TPSA) is 75.4 Å². The molecule has 0 aliphatic carbocycles. The van der Waals surface area contributed by atoms with Crippen LogP contribution in [0.5, 0.6) is 0 Å². The first-order valence-corrected chi connectivity index (χ1v) is 8.32. The number of benzene rings is 2. The number of nitrogens with two attached hydrogens (primary N) is 1. The molecule has 0 saturated carbocycles. The predicted molar refractivity (Wildman–Crippen MR) is 94.0 cm³/mol. The van der Waals surface area contributed by atoms with E-state index in [9.17, 15) is 22.8 Å². The molecule has 142 valence electrons. The fourth-order valence-electron chi connectivity index (χ4n) is 3.32. The minimum atomic E-state index is -4.48. The van der Waals surface area contributed by atoms with E-state index in [1.54, 1.807) is 31.2 Å². The van der Waals surface area contributed by atoms with Crippen molar-refractivity contribution in [3.8, 4) is 0 Å². The molecule has 0 saturated heterocycles. The average Bonchev–Trinajstić information content (AvgIpc) is 2.61. The Kier molecular flexibility index (Phi) is 4.82. The summed E-state index contributed by atoms with van der Waals surface area (Å²) >= 11 is 0. The third-order valence-corrected chi connectivity index (χ3v) is 4.61. The smallest absolute Gasteiger partial charge is 0.352 e. The molecule has 5 nitrogen and oxygen atoms in total. The Morgan fingerprint density at radius 3 is 2.59 bits per heavy atom. The van der Waals surface area contributed by atoms with Gasteiger partial charge < -0.3 is 16.0 Å². The highest BCUT2D eigenvalue weighted by atomic mass is 19.4. The number of halogens is 3. The number of hydrogen-bond donors (Lipinski definition) is 2. The van der Waals surface area contributed by atoms with Crippen LogP contribution in [0.25, 0.3) is 0 Å². The predicted octanol–water partition coefficient (Wildman–Crippen LogP) is 3.39. The number of amides is 3. The van der Waals surface area contributed by atoms with Gasteiger partial charge in [0.25, 0.3) is 5.91 Å². The molecule has 3 amide bonds. The standard InChI is InChI=1S/C19H18F3N3O2/c1-11(12-6-4-7-14(9-12)19(20,21)22)25-16-8-3-2-5-13(16)10-15(17(25)26)24-18(23)27/h2-9,11,15H,10H2,1H3,(H3,23,24,27)/t11?,15-/m1/s1. The summed E-state index contributed by atoms with van der Waals surface area (Å²) in [5, 5.41) is 2.41. The molecule has 2 atom stereocenters. The van der Waals surface area contributed by atoms with Crippen LogP contribution in [0.15, 0.2) is 48.5 Å². The lowest BCUT2D eigenvalue weighted by Gasteiger charge is -2.38. The fourth-order valence-corrected chi connectivity index (χ4v) is 3.32. The van der Waals surface area contributed by atoms with Gasteiger partial charge in [-0.3, -0.25) is 4.79 Å². The van der Waals surface area contributed by atoms with Crippen LogP contribution in [-0.4, -0.2) is 18.0 Å². The van der Waals surface area contributed by atoms with E-state index < -0.39 is 35.8 Å². The molecule has 27 heavy (non-hydrogen) atoms. The molecule has 0 spiro atoms. The molecule has 3 N–H and O–H groups in total. The largest absolute Gasteiger partial charge is 0.416 e. The minimum absolute atomic E-state index is 0.268. The Morgan fingerprint density at radius 2 is 1.93 bits per heavy atom. The summed E-state index contributed by atoms with van der Waals surface area (Å²) in [5.41, 5.74) is 6.13. The second-order valence-corrected chi connectivity index (χ2v) is 6.40. The molecule has 8 heteroatoms. The van der Waals surface area contributed by atoms with E-state index >= 15 is 0 Å². The van der Waals surface area contributed by atoms with E-state index in [1.807, 2.05) is 6.07 Å². The van der Waals surface area contributed by atoms with Gasteiger partial charge in [0, 0.05) is 12.1 Å². The maximum absolute atomic E-state index is 13.1. The van der Waals surface area contributed by atoms with Crippen molar-refractivity contribution in [1.29, 1.82) is 0 Å². The number of anilines is 1. The number of nitrogens with zero attached hydrogens (tertiary/aromatic N) is 1. The SMILES string of the molecule is CC(c1cccc(C(F)(F)F)c1)N1C(=O)[C@H](NC(N)=O)Cc2ccccc21. The Bertz CT molecular complexity index is 882. The van der Waals surface area contributed by atoms with E-state index in [1.165, 1.54) is 11.0 Å². The van der Waals surface area contributed by atoms with Gasteiger partial charge in [-0.05, 0) is 36.2 Å². The summed E-state index contributed by atoms with van der Waals surface area (Å²) < 4.78 is 39.2. The molecule has 1 aliphatic heterocycles. The molecule has 3 rings (SSSR count). The van der Waals surface area contributed by atoms with Gasteiger partial charge in [0.1, 0.15) is 6.04 Å². The van der Waals surface area contributed by atoms with Gasteiger partial charge in [0.2, 0.25) is 0 Å². The second kappa shape index (κ2) is 6.94. The maximum atomic E-state index is 13.1. The third-order valence-electron chi connectivity index (χ3n) is 4.61. The lowest BCUT2D eigenvalue weighted by molar-refractivity contribution is -0.137. The third kappa shape index (κ3) is 3.74. The van der Waals surface area contributed by atoms with Gasteiger partial charge in [0.05, 0.1) is 11.6 Å². The van der Waals surface area contributed by atoms with Crippen LogP contribution in [0.4, 0.5) is 23.7 Å². The molecule has 2 aromatic carbocycles. The summed E-state index contributed by atoms with van der Waals surface area (Å²) in [4.78, 5) is 25.6. The molecule has 2 aromatic rings. The van der Waals surface area contributed by atoms with Crippen molar-refractivity contribution in [3.05, 3.63) is 65.2 Å². The second-order valence-electron chi connectivity index (χ2n) is 6.40. The maximum Gasteiger partial charge on any atom is 0.416 e. The minimum Gasteiger partial charge on any atom is -0.352 e. The highest BCUT2D eigenvalue weighted by molar-refractivity contribution is 6.02. The highest BCUT2D eigenvalue weighted by Gasteiger charge is 2.37. The number of nitrogens with one attached hydrogen (secondary N) is 1. The van der Waals surface area contributed by atoms with E-state index in [2.05, 4.69) is 5.32 Å². The van der Waals surface area contributed by atoms with Crippen LogP contribution < -0.4 is 16.0 Å². The van der Waals surface area contributed by atoms with Gasteiger partial charge in [0.15, 0.2) is 0 Å². The van der Waals surface area contributed by atoms with Crippen molar-refractivity contribution >= 4 is 17.6 Å². The molecule has 1 heterocycles. The van der Waals surface area contributed by atoms with E-state index in [0.717, 1.165) is 17.7 Å². The number of fused-ring (bicyclic) bond motifs is 1. The molecule has 0 bridgehead atoms. The molecule has 0 fully saturated rings. The van der Waals surface area contributed by atoms with Crippen molar-refractivity contribution in [2.45, 2.75) is 31.6 Å². The molecule has 0 aromatic heterocycles. The number of alkyl halides is 3. The van der Waals surface area contributed by atoms with Crippen molar-refractivity contribution < 1.29 is 22.8 Å². The van der Waals surface area contributed by atoms with Gasteiger partial charge in [-0.2, -0.15) is 13.2 Å². The average molecular weight is 377 g/mol. The monoisotopic (exact) mass is 377 g/mol. The normalized spacial score (nSPS) is 18.0. The first kappa shape index (κ1) is 18.8. The summed E-state index contributed by atoms with van der Waals surface area (Å²) in [6, 6.07) is 9.59. The molecule has 0 radical (unpaired) electrons. The zero-order valence-electron chi connectivity index (χ0n) is 14.5. The van der Waals surface area contributed by atoms with Crippen molar-refractivity contribution in [3.63, 3.8) is 0 Å². The van der Waals surface area contributed by atoms with Gasteiger partial charge in [-0.1, -0.05) is 30.3 Å². The summed E-state index contributed by atoms with van der Waals surface area (Å²) in [6.07, 6.45) is -4.21. The van der Waals surface area contributed by atoms with Gasteiger partial charge in [-0.15, -0.1) is 0 Å². The van der Waals surface area contributed by atoms with Crippen LogP contribution in [0.2, 0.25) is 0 Å². The lowest BCUT2D eigenvalue weighted by Crippen LogP contribution is -2.54. The van der Waals surface area contributed by atoms with E-state index in [0.29, 0.717) is 11.3 Å². The first-order valence-electron chi connectivity index (χ1n) is 8.32. The number of hydrogen-bond acceptors (Lipinski definition) is 2. The molecular weight excluding hydrogens is 359 g/mol. The zero-order valence-corrected chi connectivity index (χ0v) is 14.5. The van der Waals surface area contributed by atoms with E-state index in [4.69, 9.17) is 5.73 Å². The molecule has 1 unspecified atom stereocenters. The summed E-state index contributed by atoms with van der Waals surface area (Å²) in [6.45, 7) is 1.65. The number of carbonyl (C=O) groups excluding carboxylic acids is 2. The van der Waals surface area contributed by atoms with E-state index in [-0.39, 0.29) is 6.42 Å². The Hall–Kier alpha value is -3.03. The van der Waals surface area contributed by atoms with Crippen molar-refractivity contribution in [2.24, 2.45) is 5.73 Å². The van der Waals surface area contributed by atoms with Crippen LogP contribution in [0.3, 0.4) is 0 Å². The first-order chi connectivity index (χ1) is 12.7. The van der Waals surface area contributed by atoms with Crippen molar-refractivity contribution in [2.75, 3.05) is 4.90 Å². The summed E-state index contributed by atoms with van der Waals surface area (Å²) in [5.74, 6) is -0.419. The lowest BCUT2D eigenvalue weighted by atomic mass is 9.93. The highest BCUT2D eigenvalue weighted by Crippen LogP contribution is 2.37. The quantitative estimate of drug-likeness (QED) is 0.860. The fraction of sp³-hybridized carbons (Fsp3) is 0.263. The van der Waals surface area contributed by atoms with Gasteiger partial charge >= 0.3 is 12.2 Å². The number of primary amides is 1. The number of rotatable bonds is 3. The Labute approximate surface area is 154 Å². The molecule has 1 aliphatic rings. The Morgan fingerprint density at radius 1 is 1.22 bits per heavy atom. The zero-order chi connectivity index (χ0) is 19.8. The van der Waals surface area contributed by atoms with Crippen LogP contribution in [0, 0.1) is 0 Å². The Balaban J connectivity index is 2.03. The number of para-hydroxylation sites is 1. The van der Waals surface area contributed by atoms with Gasteiger partial charge in [-0.25, -0.2) is 4.79 Å².